The number of hydrogen-bond acceptors (Lipinski definition) is 7. The third kappa shape index (κ3) is 8.51. The first kappa shape index (κ1) is 33.1. The van der Waals surface area contributed by atoms with Crippen LogP contribution in [0.15, 0.2) is 73.1 Å². The van der Waals surface area contributed by atoms with E-state index in [4.69, 9.17) is 15.2 Å². The van der Waals surface area contributed by atoms with Crippen LogP contribution in [0, 0.1) is 13.8 Å². The second kappa shape index (κ2) is 14.5. The smallest absolute Gasteiger partial charge is 0.274 e. The van der Waals surface area contributed by atoms with E-state index in [1.165, 1.54) is 0 Å². The van der Waals surface area contributed by atoms with Gasteiger partial charge in [0.2, 0.25) is 0 Å². The molecular formula is C36H41F2N5O3. The van der Waals surface area contributed by atoms with Gasteiger partial charge in [0, 0.05) is 55.4 Å². The van der Waals surface area contributed by atoms with E-state index in [0.29, 0.717) is 25.4 Å². The predicted molar refractivity (Wildman–Crippen MR) is 176 cm³/mol. The van der Waals surface area contributed by atoms with Crippen molar-refractivity contribution in [3.63, 3.8) is 0 Å². The third-order valence-corrected chi connectivity index (χ3v) is 7.96. The summed E-state index contributed by atoms with van der Waals surface area (Å²) in [4.78, 5) is 24.3. The molecule has 242 valence electrons. The molecule has 0 radical (unpaired) electrons. The number of likely N-dealkylation sites (tertiary alicyclic amines) is 1. The fourth-order valence-electron chi connectivity index (χ4n) is 5.39. The van der Waals surface area contributed by atoms with Crippen molar-refractivity contribution in [3.05, 3.63) is 95.6 Å². The quantitative estimate of drug-likeness (QED) is 0.179. The number of benzene rings is 2. The van der Waals surface area contributed by atoms with Gasteiger partial charge in [0.25, 0.3) is 11.8 Å². The number of aryl methyl sites for hydroxylation is 2. The lowest BCUT2D eigenvalue weighted by Crippen LogP contribution is -2.54. The highest BCUT2D eigenvalue weighted by atomic mass is 19.3. The first-order valence-electron chi connectivity index (χ1n) is 15.5. The number of pyridine rings is 2. The highest BCUT2D eigenvalue weighted by Crippen LogP contribution is 2.31. The van der Waals surface area contributed by atoms with Crippen molar-refractivity contribution in [2.75, 3.05) is 31.6 Å². The molecule has 0 saturated carbocycles. The molecular weight excluding hydrogens is 588 g/mol. The van der Waals surface area contributed by atoms with Crippen LogP contribution in [0.1, 0.15) is 47.6 Å². The highest BCUT2D eigenvalue weighted by molar-refractivity contribution is 6.04. The molecule has 1 aliphatic rings. The third-order valence-electron chi connectivity index (χ3n) is 7.96. The monoisotopic (exact) mass is 629 g/mol. The lowest BCUT2D eigenvalue weighted by Gasteiger charge is -2.36. The van der Waals surface area contributed by atoms with Crippen molar-refractivity contribution in [1.29, 1.82) is 0 Å². The normalized spacial score (nSPS) is 16.4. The van der Waals surface area contributed by atoms with Crippen molar-refractivity contribution < 1.29 is 23.0 Å². The summed E-state index contributed by atoms with van der Waals surface area (Å²) in [5, 5.41) is 3.01. The standard InChI is InChI=1S/C36H41F2N5O3/c1-23(2)45-13-14-46-31-9-7-27(8-10-31)32-18-33(41-19-24(32)3)35(44)42-30-16-26(21-43-12-11-36(37,38)34(39)22-43)15-29(17-30)28-6-5-25(4)40-20-28/h5-10,15-20,23,34H,11-14,21-22,39H2,1-4H3,(H,42,44)/t34-/m1/s1. The molecule has 8 nitrogen and oxygen atoms in total. The number of rotatable bonds is 11. The highest BCUT2D eigenvalue weighted by Gasteiger charge is 2.41. The van der Waals surface area contributed by atoms with E-state index in [1.807, 2.05) is 87.2 Å². The van der Waals surface area contributed by atoms with Crippen LogP contribution < -0.4 is 15.8 Å². The van der Waals surface area contributed by atoms with E-state index in [9.17, 15) is 13.6 Å². The average molecular weight is 630 g/mol. The van der Waals surface area contributed by atoms with Crippen LogP contribution in [0.2, 0.25) is 0 Å². The SMILES string of the molecule is Cc1ccc(-c2cc(CN3CCC(F)(F)[C@H](N)C3)cc(NC(=O)c3cc(-c4ccc(OCCOC(C)C)cc4)c(C)cn3)c2)cn1. The van der Waals surface area contributed by atoms with Crippen molar-refractivity contribution in [1.82, 2.24) is 14.9 Å². The Kier molecular flexibility index (Phi) is 10.4. The zero-order valence-corrected chi connectivity index (χ0v) is 26.7. The van der Waals surface area contributed by atoms with Crippen LogP contribution in [0.5, 0.6) is 5.75 Å². The number of hydrogen-bond donors (Lipinski definition) is 2. The number of piperidine rings is 1. The van der Waals surface area contributed by atoms with Crippen molar-refractivity contribution >= 4 is 11.6 Å². The Bertz CT molecular complexity index is 1640. The summed E-state index contributed by atoms with van der Waals surface area (Å²) in [7, 11) is 0. The van der Waals surface area contributed by atoms with Gasteiger partial charge in [0.1, 0.15) is 18.1 Å². The van der Waals surface area contributed by atoms with Gasteiger partial charge in [0.05, 0.1) is 18.8 Å². The molecule has 1 atom stereocenters. The number of carbonyl (C=O) groups is 1. The maximum atomic E-state index is 14.0. The number of alkyl halides is 2. The van der Waals surface area contributed by atoms with Crippen molar-refractivity contribution in [2.24, 2.45) is 5.73 Å². The lowest BCUT2D eigenvalue weighted by molar-refractivity contribution is -0.0738. The number of anilines is 1. The fourth-order valence-corrected chi connectivity index (χ4v) is 5.39. The zero-order chi connectivity index (χ0) is 32.8. The fraction of sp³-hybridized carbons (Fsp3) is 0.361. The number of nitrogens with two attached hydrogens (primary N) is 1. The molecule has 5 rings (SSSR count). The van der Waals surface area contributed by atoms with Crippen LogP contribution in [-0.2, 0) is 11.3 Å². The minimum absolute atomic E-state index is 0.0841. The number of ether oxygens (including phenoxy) is 2. The van der Waals surface area contributed by atoms with Gasteiger partial charge in [-0.1, -0.05) is 18.2 Å². The zero-order valence-electron chi connectivity index (χ0n) is 26.7. The van der Waals surface area contributed by atoms with Gasteiger partial charge in [-0.25, -0.2) is 8.78 Å². The molecule has 1 saturated heterocycles. The van der Waals surface area contributed by atoms with Gasteiger partial charge >= 0.3 is 0 Å². The van der Waals surface area contributed by atoms with Gasteiger partial charge in [-0.3, -0.25) is 19.7 Å². The van der Waals surface area contributed by atoms with E-state index < -0.39 is 12.0 Å². The van der Waals surface area contributed by atoms with Crippen molar-refractivity contribution in [3.8, 4) is 28.0 Å². The van der Waals surface area contributed by atoms with E-state index in [-0.39, 0.29) is 37.2 Å². The number of nitrogens with one attached hydrogen (secondary N) is 1. The van der Waals surface area contributed by atoms with Gasteiger partial charge in [-0.2, -0.15) is 0 Å². The topological polar surface area (TPSA) is 103 Å². The second-order valence-electron chi connectivity index (χ2n) is 12.1. The summed E-state index contributed by atoms with van der Waals surface area (Å²) in [6.07, 6.45) is 3.33. The first-order valence-corrected chi connectivity index (χ1v) is 15.5. The maximum Gasteiger partial charge on any atom is 0.274 e. The minimum atomic E-state index is -2.87. The molecule has 0 spiro atoms. The number of halogens is 2. The number of aromatic nitrogens is 2. The lowest BCUT2D eigenvalue weighted by atomic mass is 9.99. The van der Waals surface area contributed by atoms with Crippen LogP contribution in [0.4, 0.5) is 14.5 Å². The number of carbonyl (C=O) groups excluding carboxylic acids is 1. The van der Waals surface area contributed by atoms with Gasteiger partial charge < -0.3 is 20.5 Å². The Hall–Kier alpha value is -4.25. The molecule has 0 aliphatic carbocycles. The summed E-state index contributed by atoms with van der Waals surface area (Å²) in [5.74, 6) is -2.50. The molecule has 10 heteroatoms. The van der Waals surface area contributed by atoms with Crippen LogP contribution in [-0.4, -0.2) is 65.1 Å². The predicted octanol–water partition coefficient (Wildman–Crippen LogP) is 6.65. The van der Waals surface area contributed by atoms with Gasteiger partial charge in [0.15, 0.2) is 0 Å². The molecule has 4 aromatic rings. The Morgan fingerprint density at radius 3 is 2.46 bits per heavy atom. The summed E-state index contributed by atoms with van der Waals surface area (Å²) >= 11 is 0. The molecule has 46 heavy (non-hydrogen) atoms. The number of nitrogens with zero attached hydrogens (tertiary/aromatic N) is 3. The van der Waals surface area contributed by atoms with Crippen LogP contribution in [0.25, 0.3) is 22.3 Å². The van der Waals surface area contributed by atoms with Crippen LogP contribution >= 0.6 is 0 Å². The second-order valence-corrected chi connectivity index (χ2v) is 12.1. The van der Waals surface area contributed by atoms with E-state index in [1.54, 1.807) is 18.5 Å². The molecule has 3 heterocycles. The molecule has 2 aromatic heterocycles. The summed E-state index contributed by atoms with van der Waals surface area (Å²) in [6.45, 7) is 9.53. The molecule has 2 aromatic carbocycles. The van der Waals surface area contributed by atoms with Crippen molar-refractivity contribution in [2.45, 2.75) is 58.7 Å². The maximum absolute atomic E-state index is 14.0. The summed E-state index contributed by atoms with van der Waals surface area (Å²) in [6, 6.07) is 17.9. The molecule has 0 bridgehead atoms. The largest absolute Gasteiger partial charge is 0.491 e. The molecule has 1 fully saturated rings. The summed E-state index contributed by atoms with van der Waals surface area (Å²) < 4.78 is 39.4. The summed E-state index contributed by atoms with van der Waals surface area (Å²) in [5.41, 5.74) is 12.8. The molecule has 1 aliphatic heterocycles. The number of amides is 1. The minimum Gasteiger partial charge on any atom is -0.491 e. The molecule has 1 amide bonds. The van der Waals surface area contributed by atoms with Crippen LogP contribution in [0.3, 0.4) is 0 Å². The Morgan fingerprint density at radius 1 is 1.00 bits per heavy atom. The molecule has 0 unspecified atom stereocenters. The Balaban J connectivity index is 1.35. The average Bonchev–Trinajstić information content (AvgIpc) is 3.02. The van der Waals surface area contributed by atoms with E-state index >= 15 is 0 Å². The van der Waals surface area contributed by atoms with Gasteiger partial charge in [-0.05, 0) is 98.0 Å². The first-order chi connectivity index (χ1) is 22.0. The Labute approximate surface area is 269 Å². The van der Waals surface area contributed by atoms with Gasteiger partial charge in [-0.15, -0.1) is 0 Å². The van der Waals surface area contributed by atoms with E-state index in [0.717, 1.165) is 44.8 Å². The molecule has 3 N–H and O–H groups in total. The van der Waals surface area contributed by atoms with E-state index in [2.05, 4.69) is 15.3 Å². The Morgan fingerprint density at radius 2 is 1.76 bits per heavy atom.